The summed E-state index contributed by atoms with van der Waals surface area (Å²) in [5.74, 6) is 0.741. The number of benzene rings is 1. The standard InChI is InChI=1S/C22H31ClN2O/c1-16(2)25-15-22(20(25)17-7-9-19(23)10-8-17)11-13-24(14-12-22)21(26)18-5-3-4-6-18/h7-10,16,18,20H,3-6,11-15H2,1-2H3. The van der Waals surface area contributed by atoms with Gasteiger partial charge < -0.3 is 4.90 Å². The molecular formula is C22H31ClN2O. The topological polar surface area (TPSA) is 23.6 Å². The predicted molar refractivity (Wildman–Crippen MR) is 106 cm³/mol. The number of carbonyl (C=O) groups is 1. The summed E-state index contributed by atoms with van der Waals surface area (Å²) < 4.78 is 0. The van der Waals surface area contributed by atoms with Crippen LogP contribution in [0.5, 0.6) is 0 Å². The molecule has 142 valence electrons. The Labute approximate surface area is 162 Å². The molecular weight excluding hydrogens is 344 g/mol. The molecule has 3 nitrogen and oxygen atoms in total. The molecule has 1 aromatic carbocycles. The Morgan fingerprint density at radius 2 is 1.73 bits per heavy atom. The molecule has 0 aromatic heterocycles. The average Bonchev–Trinajstić information content (AvgIpc) is 3.16. The van der Waals surface area contributed by atoms with Gasteiger partial charge in [0.1, 0.15) is 0 Å². The molecule has 1 amide bonds. The third-order valence-electron chi connectivity index (χ3n) is 7.03. The van der Waals surface area contributed by atoms with Crippen LogP contribution < -0.4 is 0 Å². The summed E-state index contributed by atoms with van der Waals surface area (Å²) in [5, 5.41) is 0.801. The first-order valence-electron chi connectivity index (χ1n) is 10.3. The van der Waals surface area contributed by atoms with Gasteiger partial charge in [-0.25, -0.2) is 0 Å². The maximum absolute atomic E-state index is 12.8. The largest absolute Gasteiger partial charge is 0.342 e. The fourth-order valence-electron chi connectivity index (χ4n) is 5.49. The number of rotatable bonds is 3. The van der Waals surface area contributed by atoms with Crippen LogP contribution in [0.4, 0.5) is 0 Å². The molecule has 1 spiro atoms. The predicted octanol–water partition coefficient (Wildman–Crippen LogP) is 4.90. The fraction of sp³-hybridized carbons (Fsp3) is 0.682. The van der Waals surface area contributed by atoms with E-state index in [4.69, 9.17) is 11.6 Å². The smallest absolute Gasteiger partial charge is 0.225 e. The van der Waals surface area contributed by atoms with E-state index in [9.17, 15) is 4.79 Å². The lowest BCUT2D eigenvalue weighted by atomic mass is 9.62. The van der Waals surface area contributed by atoms with Crippen LogP contribution in [0, 0.1) is 11.3 Å². The van der Waals surface area contributed by atoms with Gasteiger partial charge >= 0.3 is 0 Å². The van der Waals surface area contributed by atoms with Gasteiger partial charge in [0.15, 0.2) is 0 Å². The summed E-state index contributed by atoms with van der Waals surface area (Å²) >= 11 is 6.11. The summed E-state index contributed by atoms with van der Waals surface area (Å²) in [6.45, 7) is 7.60. The molecule has 0 bridgehead atoms. The Hall–Kier alpha value is -1.06. The van der Waals surface area contributed by atoms with E-state index >= 15 is 0 Å². The first-order chi connectivity index (χ1) is 12.5. The molecule has 2 aliphatic heterocycles. The van der Waals surface area contributed by atoms with Gasteiger partial charge in [-0.2, -0.15) is 0 Å². The summed E-state index contributed by atoms with van der Waals surface area (Å²) in [4.78, 5) is 17.6. The lowest BCUT2D eigenvalue weighted by molar-refractivity contribution is -0.150. The zero-order valence-corrected chi connectivity index (χ0v) is 16.8. The number of piperidine rings is 1. The van der Waals surface area contributed by atoms with Crippen LogP contribution in [0.1, 0.15) is 64.0 Å². The van der Waals surface area contributed by atoms with Gasteiger partial charge in [-0.3, -0.25) is 9.69 Å². The molecule has 1 aliphatic carbocycles. The van der Waals surface area contributed by atoms with Crippen LogP contribution in [0.15, 0.2) is 24.3 Å². The van der Waals surface area contributed by atoms with Crippen molar-refractivity contribution >= 4 is 17.5 Å². The summed E-state index contributed by atoms with van der Waals surface area (Å²) in [5.41, 5.74) is 1.70. The summed E-state index contributed by atoms with van der Waals surface area (Å²) in [6.07, 6.45) is 6.93. The highest BCUT2D eigenvalue weighted by molar-refractivity contribution is 6.30. The molecule has 1 saturated carbocycles. The molecule has 26 heavy (non-hydrogen) atoms. The molecule has 4 rings (SSSR count). The highest BCUT2D eigenvalue weighted by Crippen LogP contribution is 2.55. The van der Waals surface area contributed by atoms with Gasteiger partial charge in [0, 0.05) is 48.1 Å². The van der Waals surface area contributed by atoms with Crippen molar-refractivity contribution in [3.8, 4) is 0 Å². The highest BCUT2D eigenvalue weighted by atomic mass is 35.5. The minimum absolute atomic E-state index is 0.310. The van der Waals surface area contributed by atoms with E-state index in [1.165, 1.54) is 18.4 Å². The summed E-state index contributed by atoms with van der Waals surface area (Å²) in [7, 11) is 0. The van der Waals surface area contributed by atoms with E-state index < -0.39 is 0 Å². The molecule has 3 aliphatic rings. The number of amides is 1. The van der Waals surface area contributed by atoms with Crippen molar-refractivity contribution in [3.63, 3.8) is 0 Å². The van der Waals surface area contributed by atoms with Crippen molar-refractivity contribution < 1.29 is 4.79 Å². The molecule has 0 radical (unpaired) electrons. The number of nitrogens with zero attached hydrogens (tertiary/aromatic N) is 2. The maximum atomic E-state index is 12.8. The molecule has 1 atom stereocenters. The van der Waals surface area contributed by atoms with Crippen molar-refractivity contribution in [1.82, 2.24) is 9.80 Å². The van der Waals surface area contributed by atoms with Gasteiger partial charge in [-0.05, 0) is 57.2 Å². The number of likely N-dealkylation sites (tertiary alicyclic amines) is 2. The molecule has 3 fully saturated rings. The SMILES string of the molecule is CC(C)N1CC2(CCN(C(=O)C3CCCC3)CC2)C1c1ccc(Cl)cc1. The van der Waals surface area contributed by atoms with Crippen molar-refractivity contribution in [2.45, 2.75) is 64.5 Å². The zero-order valence-electron chi connectivity index (χ0n) is 16.1. The van der Waals surface area contributed by atoms with E-state index in [1.807, 2.05) is 12.1 Å². The molecule has 1 aromatic rings. The van der Waals surface area contributed by atoms with Gasteiger partial charge in [0.2, 0.25) is 5.91 Å². The number of halogens is 1. The molecule has 2 saturated heterocycles. The second kappa shape index (κ2) is 7.16. The van der Waals surface area contributed by atoms with Crippen molar-refractivity contribution in [3.05, 3.63) is 34.9 Å². The third-order valence-corrected chi connectivity index (χ3v) is 7.29. The number of hydrogen-bond acceptors (Lipinski definition) is 2. The van der Waals surface area contributed by atoms with Crippen molar-refractivity contribution in [2.24, 2.45) is 11.3 Å². The lowest BCUT2D eigenvalue weighted by Gasteiger charge is -2.62. The fourth-order valence-corrected chi connectivity index (χ4v) is 5.61. The molecule has 2 heterocycles. The van der Waals surface area contributed by atoms with Crippen LogP contribution in [-0.2, 0) is 4.79 Å². The molecule has 1 unspecified atom stereocenters. The second-order valence-corrected chi connectivity index (χ2v) is 9.33. The van der Waals surface area contributed by atoms with Gasteiger partial charge in [0.05, 0.1) is 0 Å². The number of carbonyl (C=O) groups excluding carboxylic acids is 1. The third kappa shape index (κ3) is 3.18. The first-order valence-corrected chi connectivity index (χ1v) is 10.7. The lowest BCUT2D eigenvalue weighted by Crippen LogP contribution is -2.64. The highest BCUT2D eigenvalue weighted by Gasteiger charge is 2.54. The monoisotopic (exact) mass is 374 g/mol. The Bertz CT molecular complexity index is 643. The average molecular weight is 375 g/mol. The van der Waals surface area contributed by atoms with E-state index in [0.717, 1.165) is 50.3 Å². The van der Waals surface area contributed by atoms with E-state index in [-0.39, 0.29) is 0 Å². The maximum Gasteiger partial charge on any atom is 0.225 e. The van der Waals surface area contributed by atoms with Crippen LogP contribution in [0.2, 0.25) is 5.02 Å². The van der Waals surface area contributed by atoms with E-state index in [1.54, 1.807) is 0 Å². The zero-order chi connectivity index (χ0) is 18.3. The van der Waals surface area contributed by atoms with Crippen LogP contribution in [-0.4, -0.2) is 41.4 Å². The molecule has 0 N–H and O–H groups in total. The Morgan fingerprint density at radius 3 is 2.31 bits per heavy atom. The van der Waals surface area contributed by atoms with Gasteiger partial charge in [-0.15, -0.1) is 0 Å². The van der Waals surface area contributed by atoms with Crippen LogP contribution in [0.25, 0.3) is 0 Å². The van der Waals surface area contributed by atoms with Gasteiger partial charge in [-0.1, -0.05) is 36.6 Å². The second-order valence-electron chi connectivity index (χ2n) is 8.89. The Balaban J connectivity index is 1.47. The first kappa shape index (κ1) is 18.3. The van der Waals surface area contributed by atoms with Crippen LogP contribution in [0.3, 0.4) is 0 Å². The van der Waals surface area contributed by atoms with Crippen molar-refractivity contribution in [1.29, 1.82) is 0 Å². The van der Waals surface area contributed by atoms with E-state index in [0.29, 0.717) is 29.3 Å². The van der Waals surface area contributed by atoms with Crippen molar-refractivity contribution in [2.75, 3.05) is 19.6 Å². The molecule has 4 heteroatoms. The van der Waals surface area contributed by atoms with E-state index in [2.05, 4.69) is 35.8 Å². The normalized spacial score (nSPS) is 26.5. The minimum atomic E-state index is 0.310. The quantitative estimate of drug-likeness (QED) is 0.750. The summed E-state index contributed by atoms with van der Waals surface area (Å²) in [6, 6.07) is 9.42. The number of hydrogen-bond donors (Lipinski definition) is 0. The Morgan fingerprint density at radius 1 is 1.12 bits per heavy atom. The van der Waals surface area contributed by atoms with Crippen LogP contribution >= 0.6 is 11.6 Å². The Kier molecular flexibility index (Phi) is 5.04. The minimum Gasteiger partial charge on any atom is -0.342 e. The van der Waals surface area contributed by atoms with Gasteiger partial charge in [0.25, 0.3) is 0 Å².